The van der Waals surface area contributed by atoms with Crippen LogP contribution < -0.4 is 15.2 Å². The van der Waals surface area contributed by atoms with Gasteiger partial charge in [0.25, 0.3) is 0 Å². The van der Waals surface area contributed by atoms with E-state index in [0.29, 0.717) is 17.1 Å². The van der Waals surface area contributed by atoms with Gasteiger partial charge in [0, 0.05) is 17.0 Å². The largest absolute Gasteiger partial charge is 0.493 e. The molecule has 1 saturated carbocycles. The Morgan fingerprint density at radius 3 is 2.21 bits per heavy atom. The molecular weight excluding hydrogens is 245 g/mol. The van der Waals surface area contributed by atoms with E-state index in [-0.39, 0.29) is 11.5 Å². The lowest BCUT2D eigenvalue weighted by Crippen LogP contribution is -2.32. The number of hydrogen-bond donors (Lipinski definition) is 1. The summed E-state index contributed by atoms with van der Waals surface area (Å²) in [6, 6.07) is 3.59. The molecule has 2 N–H and O–H groups in total. The Morgan fingerprint density at radius 2 is 1.84 bits per heavy atom. The molecule has 0 spiro atoms. The van der Waals surface area contributed by atoms with E-state index in [1.54, 1.807) is 20.3 Å². The molecule has 1 aromatic carbocycles. The minimum absolute atomic E-state index is 0.0104. The van der Waals surface area contributed by atoms with Crippen LogP contribution in [0.4, 0.5) is 4.39 Å². The van der Waals surface area contributed by atoms with Crippen LogP contribution in [0.1, 0.15) is 44.0 Å². The first-order chi connectivity index (χ1) is 8.96. The summed E-state index contributed by atoms with van der Waals surface area (Å²) in [6.07, 6.45) is 0.977. The zero-order valence-corrected chi connectivity index (χ0v) is 12.0. The molecule has 1 aliphatic rings. The molecule has 0 aliphatic heterocycles. The number of benzene rings is 1. The van der Waals surface area contributed by atoms with Gasteiger partial charge >= 0.3 is 0 Å². The topological polar surface area (TPSA) is 44.5 Å². The minimum Gasteiger partial charge on any atom is -0.493 e. The Balaban J connectivity index is 2.60. The maximum Gasteiger partial charge on any atom is 0.164 e. The van der Waals surface area contributed by atoms with E-state index >= 15 is 0 Å². The Kier molecular flexibility index (Phi) is 3.72. The van der Waals surface area contributed by atoms with Crippen LogP contribution in [0.5, 0.6) is 11.5 Å². The highest BCUT2D eigenvalue weighted by Crippen LogP contribution is 2.55. The highest BCUT2D eigenvalue weighted by molar-refractivity contribution is 5.55. The van der Waals surface area contributed by atoms with Gasteiger partial charge in [-0.05, 0) is 44.4 Å². The van der Waals surface area contributed by atoms with E-state index in [1.165, 1.54) is 6.92 Å². The lowest BCUT2D eigenvalue weighted by atomic mass is 9.87. The molecule has 0 bridgehead atoms. The van der Waals surface area contributed by atoms with Crippen LogP contribution in [0.2, 0.25) is 0 Å². The normalized spacial score (nSPS) is 19.7. The third-order valence-corrected chi connectivity index (χ3v) is 4.16. The van der Waals surface area contributed by atoms with Crippen LogP contribution in [0, 0.1) is 0 Å². The average Bonchev–Trinajstić information content (AvgIpc) is 3.18. The molecule has 19 heavy (non-hydrogen) atoms. The first kappa shape index (κ1) is 14.1. The first-order valence-electron chi connectivity index (χ1n) is 6.62. The molecule has 2 unspecified atom stereocenters. The number of halogens is 1. The van der Waals surface area contributed by atoms with Gasteiger partial charge < -0.3 is 15.2 Å². The standard InChI is InChI=1S/C15H22FNO2/c1-9(16)11-7-12(15(5-6-15)10(2)17)14(19-4)13(8-11)18-3/h7-10H,5-6,17H2,1-4H3. The molecule has 0 saturated heterocycles. The lowest BCUT2D eigenvalue weighted by molar-refractivity contribution is 0.338. The van der Waals surface area contributed by atoms with Crippen LogP contribution in [0.25, 0.3) is 0 Å². The molecule has 106 valence electrons. The summed E-state index contributed by atoms with van der Waals surface area (Å²) >= 11 is 0. The fourth-order valence-corrected chi connectivity index (χ4v) is 2.69. The van der Waals surface area contributed by atoms with Crippen molar-refractivity contribution in [2.24, 2.45) is 5.73 Å². The van der Waals surface area contributed by atoms with Gasteiger partial charge in [-0.25, -0.2) is 4.39 Å². The van der Waals surface area contributed by atoms with E-state index in [9.17, 15) is 4.39 Å². The third kappa shape index (κ3) is 2.29. The molecule has 3 nitrogen and oxygen atoms in total. The van der Waals surface area contributed by atoms with Crippen molar-refractivity contribution < 1.29 is 13.9 Å². The van der Waals surface area contributed by atoms with Crippen LogP contribution in [-0.4, -0.2) is 20.3 Å². The number of nitrogens with two attached hydrogens (primary N) is 1. The van der Waals surface area contributed by atoms with Gasteiger partial charge in [0.15, 0.2) is 11.5 Å². The minimum atomic E-state index is -1.04. The van der Waals surface area contributed by atoms with E-state index < -0.39 is 6.17 Å². The summed E-state index contributed by atoms with van der Waals surface area (Å²) in [5.41, 5.74) is 7.61. The molecule has 0 radical (unpaired) electrons. The first-order valence-corrected chi connectivity index (χ1v) is 6.62. The molecule has 0 heterocycles. The summed E-state index contributed by atoms with van der Waals surface area (Å²) in [5, 5.41) is 0. The second kappa shape index (κ2) is 5.00. The zero-order valence-electron chi connectivity index (χ0n) is 12.0. The number of alkyl halides is 1. The van der Waals surface area contributed by atoms with Gasteiger partial charge in [0.2, 0.25) is 0 Å². The van der Waals surface area contributed by atoms with Crippen molar-refractivity contribution in [3.63, 3.8) is 0 Å². The predicted octanol–water partition coefficient (Wildman–Crippen LogP) is 3.11. The predicted molar refractivity (Wildman–Crippen MR) is 73.6 cm³/mol. The summed E-state index contributed by atoms with van der Waals surface area (Å²) in [6.45, 7) is 3.51. The molecular formula is C15H22FNO2. The van der Waals surface area contributed by atoms with Crippen LogP contribution in [0.15, 0.2) is 12.1 Å². The summed E-state index contributed by atoms with van der Waals surface area (Å²) in [4.78, 5) is 0. The molecule has 1 fully saturated rings. The van der Waals surface area contributed by atoms with E-state index in [1.807, 2.05) is 13.0 Å². The Bertz CT molecular complexity index is 467. The van der Waals surface area contributed by atoms with Crippen molar-refractivity contribution in [3.05, 3.63) is 23.3 Å². The summed E-state index contributed by atoms with van der Waals surface area (Å²) in [7, 11) is 3.18. The maximum atomic E-state index is 13.6. The molecule has 1 aromatic rings. The fourth-order valence-electron chi connectivity index (χ4n) is 2.69. The summed E-state index contributed by atoms with van der Waals surface area (Å²) < 4.78 is 24.5. The second-order valence-corrected chi connectivity index (χ2v) is 5.36. The zero-order chi connectivity index (χ0) is 14.2. The number of rotatable bonds is 5. The smallest absolute Gasteiger partial charge is 0.164 e. The molecule has 0 aromatic heterocycles. The molecule has 2 rings (SSSR count). The van der Waals surface area contributed by atoms with Crippen molar-refractivity contribution in [1.82, 2.24) is 0 Å². The van der Waals surface area contributed by atoms with Gasteiger partial charge in [0.1, 0.15) is 6.17 Å². The van der Waals surface area contributed by atoms with Crippen molar-refractivity contribution in [2.75, 3.05) is 14.2 Å². The van der Waals surface area contributed by atoms with Gasteiger partial charge in [-0.2, -0.15) is 0 Å². The molecule has 0 amide bonds. The van der Waals surface area contributed by atoms with Crippen molar-refractivity contribution >= 4 is 0 Å². The van der Waals surface area contributed by atoms with Crippen molar-refractivity contribution in [1.29, 1.82) is 0 Å². The maximum absolute atomic E-state index is 13.6. The third-order valence-electron chi connectivity index (χ3n) is 4.16. The Labute approximate surface area is 113 Å². The second-order valence-electron chi connectivity index (χ2n) is 5.36. The van der Waals surface area contributed by atoms with Crippen molar-refractivity contribution in [2.45, 2.75) is 44.3 Å². The quantitative estimate of drug-likeness (QED) is 0.891. The number of hydrogen-bond acceptors (Lipinski definition) is 3. The van der Waals surface area contributed by atoms with Gasteiger partial charge in [-0.3, -0.25) is 0 Å². The Hall–Kier alpha value is -1.29. The van der Waals surface area contributed by atoms with Crippen LogP contribution in [0.3, 0.4) is 0 Å². The van der Waals surface area contributed by atoms with Gasteiger partial charge in [0.05, 0.1) is 14.2 Å². The van der Waals surface area contributed by atoms with Crippen LogP contribution >= 0.6 is 0 Å². The van der Waals surface area contributed by atoms with E-state index in [4.69, 9.17) is 15.2 Å². The molecule has 4 heteroatoms. The van der Waals surface area contributed by atoms with Gasteiger partial charge in [-0.1, -0.05) is 0 Å². The molecule has 2 atom stereocenters. The highest BCUT2D eigenvalue weighted by atomic mass is 19.1. The SMILES string of the molecule is COc1cc(C(C)F)cc(C2(C(C)N)CC2)c1OC. The van der Waals surface area contributed by atoms with E-state index in [0.717, 1.165) is 18.4 Å². The average molecular weight is 267 g/mol. The number of ether oxygens (including phenoxy) is 2. The van der Waals surface area contributed by atoms with Crippen molar-refractivity contribution in [3.8, 4) is 11.5 Å². The van der Waals surface area contributed by atoms with Gasteiger partial charge in [-0.15, -0.1) is 0 Å². The number of methoxy groups -OCH3 is 2. The van der Waals surface area contributed by atoms with E-state index in [2.05, 4.69) is 0 Å². The fraction of sp³-hybridized carbons (Fsp3) is 0.600. The van der Waals surface area contributed by atoms with Crippen LogP contribution in [-0.2, 0) is 5.41 Å². The monoisotopic (exact) mass is 267 g/mol. The summed E-state index contributed by atoms with van der Waals surface area (Å²) in [5.74, 6) is 1.26. The molecule has 1 aliphatic carbocycles. The Morgan fingerprint density at radius 1 is 1.21 bits per heavy atom. The lowest BCUT2D eigenvalue weighted by Gasteiger charge is -2.25. The highest BCUT2D eigenvalue weighted by Gasteiger charge is 2.49.